The van der Waals surface area contributed by atoms with E-state index in [2.05, 4.69) is 61.0 Å². The van der Waals surface area contributed by atoms with Gasteiger partial charge < -0.3 is 32.3 Å². The highest BCUT2D eigenvalue weighted by Crippen LogP contribution is 2.27. The second-order valence-electron chi connectivity index (χ2n) is 14.4. The third-order valence-corrected chi connectivity index (χ3v) is 9.77. The summed E-state index contributed by atoms with van der Waals surface area (Å²) >= 11 is 0. The largest absolute Gasteiger partial charge is 0.364 e. The smallest absolute Gasteiger partial charge is 0.267 e. The number of anilines is 3. The van der Waals surface area contributed by atoms with Crippen molar-refractivity contribution in [2.24, 2.45) is 17.2 Å². The Bertz CT molecular complexity index is 2520. The number of carbonyl (C=O) groups is 3. The predicted octanol–water partition coefficient (Wildman–Crippen LogP) is 6.23. The minimum atomic E-state index is -0.597. The Morgan fingerprint density at radius 2 is 1.24 bits per heavy atom. The molecule has 0 aliphatic carbocycles. The molecule has 1 aliphatic rings. The number of amides is 3. The molecule has 7 rings (SSSR count). The van der Waals surface area contributed by atoms with Gasteiger partial charge in [-0.15, -0.1) is 6.42 Å². The number of nitrogens with two attached hydrogens (primary N) is 3. The molecule has 7 N–H and O–H groups in total. The fourth-order valence-electron chi connectivity index (χ4n) is 6.30. The molecule has 0 bridgehead atoms. The van der Waals surface area contributed by atoms with Crippen LogP contribution in [0.1, 0.15) is 75.2 Å². The number of primary amides is 3. The lowest BCUT2D eigenvalue weighted by atomic mass is 10.0. The van der Waals surface area contributed by atoms with Gasteiger partial charge in [-0.1, -0.05) is 91.7 Å². The minimum Gasteiger partial charge on any atom is -0.364 e. The van der Waals surface area contributed by atoms with E-state index >= 15 is 0 Å². The van der Waals surface area contributed by atoms with Crippen molar-refractivity contribution in [2.45, 2.75) is 46.5 Å². The number of hydrogen-bond donors (Lipinski definition) is 4. The summed E-state index contributed by atoms with van der Waals surface area (Å²) in [7, 11) is 1.76. The molecule has 1 aliphatic heterocycles. The summed E-state index contributed by atoms with van der Waals surface area (Å²) in [5, 5.41) is 3.07. The normalized spacial score (nSPS) is 11.8. The third-order valence-electron chi connectivity index (χ3n) is 9.77. The van der Waals surface area contributed by atoms with Crippen LogP contribution >= 0.6 is 0 Å². The van der Waals surface area contributed by atoms with Crippen LogP contribution < -0.4 is 32.3 Å². The van der Waals surface area contributed by atoms with Crippen molar-refractivity contribution in [3.8, 4) is 46.1 Å². The molecule has 318 valence electrons. The second-order valence-corrected chi connectivity index (χ2v) is 14.4. The van der Waals surface area contributed by atoms with E-state index in [1.165, 1.54) is 12.0 Å². The standard InChI is InChI=1S/C18H22N4O.C15H14N4O.C14H16N4O/c1-12-7-6-8-14(13(12)2)15-11-16(17(19)23)21-18(20-15)22-9-4-3-5-10-22;1-3-9-19(2)15-17-12(10-13(18-15)14(16)20)11-7-5-4-6-8-11;1-2-8-16-14-17-11(9-12(18-14)13(15)19)10-6-4-3-5-7-10/h6-8,11H,3-5,9-10H2,1-2H3,(H2,19,23);1,4-8,10H,9H2,2H3,(H2,16,20);3-7,9H,2,8H2,1H3,(H2,15,19)(H,16,17,18). The van der Waals surface area contributed by atoms with E-state index in [-0.39, 0.29) is 17.1 Å². The Morgan fingerprint density at radius 1 is 0.694 bits per heavy atom. The Labute approximate surface area is 362 Å². The Kier molecular flexibility index (Phi) is 16.1. The number of aromatic nitrogens is 6. The van der Waals surface area contributed by atoms with E-state index in [0.29, 0.717) is 35.8 Å². The minimum absolute atomic E-state index is 0.165. The van der Waals surface area contributed by atoms with Crippen LogP contribution in [0, 0.1) is 26.2 Å². The molecule has 1 fully saturated rings. The number of hydrogen-bond acceptors (Lipinski definition) is 12. The summed E-state index contributed by atoms with van der Waals surface area (Å²) in [5.41, 5.74) is 24.0. The first-order valence-corrected chi connectivity index (χ1v) is 20.3. The van der Waals surface area contributed by atoms with Crippen LogP contribution in [0.2, 0.25) is 0 Å². The molecule has 0 unspecified atom stereocenters. The Balaban J connectivity index is 0.000000177. The third kappa shape index (κ3) is 12.4. The van der Waals surface area contributed by atoms with Crippen LogP contribution in [0.3, 0.4) is 0 Å². The van der Waals surface area contributed by atoms with E-state index < -0.39 is 17.7 Å². The summed E-state index contributed by atoms with van der Waals surface area (Å²) in [6, 6.07) is 30.1. The fraction of sp³-hybridized carbons (Fsp3) is 0.255. The molecule has 3 aromatic carbocycles. The van der Waals surface area contributed by atoms with E-state index in [0.717, 1.165) is 66.8 Å². The van der Waals surface area contributed by atoms with Crippen molar-refractivity contribution in [1.82, 2.24) is 29.9 Å². The van der Waals surface area contributed by atoms with Gasteiger partial charge in [0, 0.05) is 43.4 Å². The van der Waals surface area contributed by atoms with E-state index in [4.69, 9.17) is 28.6 Å². The van der Waals surface area contributed by atoms with Gasteiger partial charge in [0.1, 0.15) is 17.1 Å². The lowest BCUT2D eigenvalue weighted by molar-refractivity contribution is 0.0987. The van der Waals surface area contributed by atoms with E-state index in [1.807, 2.05) is 79.7 Å². The molecule has 0 atom stereocenters. The number of benzene rings is 3. The maximum Gasteiger partial charge on any atom is 0.267 e. The zero-order chi connectivity index (χ0) is 44.6. The summed E-state index contributed by atoms with van der Waals surface area (Å²) in [5.74, 6) is 2.24. The van der Waals surface area contributed by atoms with Crippen molar-refractivity contribution < 1.29 is 14.4 Å². The van der Waals surface area contributed by atoms with Crippen LogP contribution in [0.4, 0.5) is 17.8 Å². The molecule has 3 amide bonds. The first-order valence-electron chi connectivity index (χ1n) is 20.3. The van der Waals surface area contributed by atoms with Gasteiger partial charge >= 0.3 is 0 Å². The summed E-state index contributed by atoms with van der Waals surface area (Å²) in [6.45, 7) is 9.12. The SMILES string of the molecule is C#CCN(C)c1nc(C(N)=O)cc(-c2ccccc2)n1.CCCNc1nc(C(N)=O)cc(-c2ccccc2)n1.Cc1cccc(-c2cc(C(N)=O)nc(N3CCCCC3)n2)c1C. The molecular formula is C47H52N12O3. The Morgan fingerprint density at radius 3 is 1.81 bits per heavy atom. The molecule has 15 nitrogen and oxygen atoms in total. The highest BCUT2D eigenvalue weighted by atomic mass is 16.2. The lowest BCUT2D eigenvalue weighted by Crippen LogP contribution is -2.31. The fourth-order valence-corrected chi connectivity index (χ4v) is 6.30. The maximum atomic E-state index is 11.7. The molecule has 0 saturated carbocycles. The lowest BCUT2D eigenvalue weighted by Gasteiger charge is -2.27. The molecular weight excluding hydrogens is 781 g/mol. The van der Waals surface area contributed by atoms with Crippen molar-refractivity contribution >= 4 is 35.6 Å². The highest BCUT2D eigenvalue weighted by Gasteiger charge is 2.19. The highest BCUT2D eigenvalue weighted by molar-refractivity contribution is 5.93. The van der Waals surface area contributed by atoms with Gasteiger partial charge in [0.15, 0.2) is 0 Å². The number of carbonyl (C=O) groups excluding carboxylic acids is 3. The molecule has 1 saturated heterocycles. The number of nitrogens with one attached hydrogen (secondary N) is 1. The Hall–Kier alpha value is -7.73. The molecule has 0 radical (unpaired) electrons. The quantitative estimate of drug-likeness (QED) is 0.101. The van der Waals surface area contributed by atoms with Crippen molar-refractivity contribution in [3.05, 3.63) is 125 Å². The van der Waals surface area contributed by atoms with Gasteiger partial charge in [0.25, 0.3) is 17.7 Å². The van der Waals surface area contributed by atoms with Gasteiger partial charge in [-0.25, -0.2) is 29.9 Å². The van der Waals surface area contributed by atoms with Crippen LogP contribution in [0.25, 0.3) is 33.8 Å². The van der Waals surface area contributed by atoms with Crippen LogP contribution in [0.5, 0.6) is 0 Å². The summed E-state index contributed by atoms with van der Waals surface area (Å²) in [4.78, 5) is 64.3. The molecule has 62 heavy (non-hydrogen) atoms. The number of nitrogens with zero attached hydrogens (tertiary/aromatic N) is 8. The zero-order valence-corrected chi connectivity index (χ0v) is 35.5. The molecule has 0 spiro atoms. The van der Waals surface area contributed by atoms with Crippen LogP contribution in [0.15, 0.2) is 97.1 Å². The topological polar surface area (TPSA) is 225 Å². The first kappa shape index (κ1) is 45.4. The van der Waals surface area contributed by atoms with Crippen LogP contribution in [-0.2, 0) is 0 Å². The van der Waals surface area contributed by atoms with Gasteiger partial charge in [-0.3, -0.25) is 14.4 Å². The van der Waals surface area contributed by atoms with E-state index in [1.54, 1.807) is 30.1 Å². The summed E-state index contributed by atoms with van der Waals surface area (Å²) in [6.07, 6.45) is 9.71. The molecule has 6 aromatic rings. The number of aryl methyl sites for hydroxylation is 1. The predicted molar refractivity (Wildman–Crippen MR) is 244 cm³/mol. The van der Waals surface area contributed by atoms with Gasteiger partial charge in [0.2, 0.25) is 17.8 Å². The maximum absolute atomic E-state index is 11.7. The van der Waals surface area contributed by atoms with Gasteiger partial charge in [-0.2, -0.15) is 0 Å². The monoisotopic (exact) mass is 832 g/mol. The van der Waals surface area contributed by atoms with Crippen molar-refractivity contribution in [1.29, 1.82) is 0 Å². The number of rotatable bonds is 12. The first-order chi connectivity index (χ1) is 29.9. The van der Waals surface area contributed by atoms with E-state index in [9.17, 15) is 14.4 Å². The number of piperidine rings is 1. The second kappa shape index (κ2) is 22.0. The molecule has 4 heterocycles. The number of terminal acetylenes is 1. The zero-order valence-electron chi connectivity index (χ0n) is 35.5. The van der Waals surface area contributed by atoms with Gasteiger partial charge in [-0.05, 0) is 68.9 Å². The summed E-state index contributed by atoms with van der Waals surface area (Å²) < 4.78 is 0. The van der Waals surface area contributed by atoms with Crippen molar-refractivity contribution in [2.75, 3.05) is 48.3 Å². The van der Waals surface area contributed by atoms with Crippen molar-refractivity contribution in [3.63, 3.8) is 0 Å². The van der Waals surface area contributed by atoms with Gasteiger partial charge in [0.05, 0.1) is 23.6 Å². The average molecular weight is 833 g/mol. The average Bonchev–Trinajstić information content (AvgIpc) is 3.30. The molecule has 3 aromatic heterocycles. The molecule has 15 heteroatoms. The van der Waals surface area contributed by atoms with Crippen LogP contribution in [-0.4, -0.2) is 80.9 Å².